The van der Waals surface area contributed by atoms with Crippen LogP contribution >= 0.6 is 0 Å². The van der Waals surface area contributed by atoms with Crippen LogP contribution in [0.2, 0.25) is 0 Å². The summed E-state index contributed by atoms with van der Waals surface area (Å²) in [5, 5.41) is 2.87. The van der Waals surface area contributed by atoms with Gasteiger partial charge in [0.2, 0.25) is 5.91 Å². The van der Waals surface area contributed by atoms with E-state index >= 15 is 0 Å². The standard InChI is InChI=1S/C24H25F7N2O2/c25-16-3-1-13(2-4-16)21-17(19-10-18(32)22(34)33-19)5-6-20(21)35-11-12-7-14(23(26,27)28)9-15(8-12)24(29,30)31/h1-4,7,9,12,17-21H,5-6,8,10-11,32H2,(H,33,34)/t12?,17-,18-,19?,20-,21-/m0/s1. The van der Waals surface area contributed by atoms with Crippen LogP contribution in [0.3, 0.4) is 0 Å². The lowest BCUT2D eigenvalue weighted by Crippen LogP contribution is -2.37. The van der Waals surface area contributed by atoms with Crippen molar-refractivity contribution in [2.75, 3.05) is 6.61 Å². The first-order chi connectivity index (χ1) is 16.3. The smallest absolute Gasteiger partial charge is 0.377 e. The molecule has 4 nitrogen and oxygen atoms in total. The van der Waals surface area contributed by atoms with E-state index in [4.69, 9.17) is 10.5 Å². The third-order valence-electron chi connectivity index (χ3n) is 7.03. The maximum Gasteiger partial charge on any atom is 0.416 e. The molecule has 192 valence electrons. The summed E-state index contributed by atoms with van der Waals surface area (Å²) in [4.78, 5) is 12.0. The molecule has 2 fully saturated rings. The minimum absolute atomic E-state index is 0.124. The lowest BCUT2D eigenvalue weighted by atomic mass is 9.82. The maximum absolute atomic E-state index is 13.5. The molecule has 1 amide bonds. The second-order valence-corrected chi connectivity index (χ2v) is 9.40. The van der Waals surface area contributed by atoms with Gasteiger partial charge in [0, 0.05) is 23.5 Å². The van der Waals surface area contributed by atoms with Gasteiger partial charge >= 0.3 is 12.4 Å². The van der Waals surface area contributed by atoms with Crippen LogP contribution in [0.5, 0.6) is 0 Å². The van der Waals surface area contributed by atoms with Crippen LogP contribution in [-0.2, 0) is 9.53 Å². The van der Waals surface area contributed by atoms with E-state index in [0.29, 0.717) is 19.3 Å². The molecule has 4 rings (SSSR count). The number of nitrogens with one attached hydrogen (secondary N) is 1. The molecule has 35 heavy (non-hydrogen) atoms. The topological polar surface area (TPSA) is 64.3 Å². The number of nitrogens with two attached hydrogens (primary N) is 1. The normalized spacial score (nSPS) is 31.8. The highest BCUT2D eigenvalue weighted by molar-refractivity contribution is 5.84. The molecule has 0 aromatic heterocycles. The molecule has 2 unspecified atom stereocenters. The average Bonchev–Trinajstić information content (AvgIpc) is 3.34. The van der Waals surface area contributed by atoms with Gasteiger partial charge in [0.15, 0.2) is 0 Å². The molecule has 3 aliphatic rings. The third-order valence-corrected chi connectivity index (χ3v) is 7.03. The van der Waals surface area contributed by atoms with Gasteiger partial charge in [0.25, 0.3) is 0 Å². The second-order valence-electron chi connectivity index (χ2n) is 9.40. The number of hydrogen-bond acceptors (Lipinski definition) is 3. The van der Waals surface area contributed by atoms with Gasteiger partial charge in [-0.3, -0.25) is 4.79 Å². The molecule has 1 aliphatic heterocycles. The minimum Gasteiger partial charge on any atom is -0.377 e. The Morgan fingerprint density at radius 2 is 1.71 bits per heavy atom. The second kappa shape index (κ2) is 9.57. The quantitative estimate of drug-likeness (QED) is 0.558. The monoisotopic (exact) mass is 506 g/mol. The van der Waals surface area contributed by atoms with Crippen molar-refractivity contribution in [3.63, 3.8) is 0 Å². The van der Waals surface area contributed by atoms with Crippen molar-refractivity contribution < 1.29 is 40.3 Å². The lowest BCUT2D eigenvalue weighted by molar-refractivity contribution is -0.120. The molecule has 11 heteroatoms. The molecule has 2 aliphatic carbocycles. The highest BCUT2D eigenvalue weighted by Gasteiger charge is 2.46. The van der Waals surface area contributed by atoms with E-state index in [-0.39, 0.29) is 36.5 Å². The number of hydrogen-bond donors (Lipinski definition) is 2. The molecule has 0 bridgehead atoms. The van der Waals surface area contributed by atoms with Crippen molar-refractivity contribution in [2.24, 2.45) is 17.6 Å². The van der Waals surface area contributed by atoms with Crippen molar-refractivity contribution in [1.82, 2.24) is 5.32 Å². The number of carbonyl (C=O) groups is 1. The number of amides is 1. The van der Waals surface area contributed by atoms with Gasteiger partial charge in [-0.1, -0.05) is 18.2 Å². The van der Waals surface area contributed by atoms with E-state index in [1.165, 1.54) is 12.1 Å². The summed E-state index contributed by atoms with van der Waals surface area (Å²) in [5.41, 5.74) is 3.97. The predicted molar refractivity (Wildman–Crippen MR) is 113 cm³/mol. The molecular weight excluding hydrogens is 481 g/mol. The van der Waals surface area contributed by atoms with Crippen LogP contribution < -0.4 is 11.1 Å². The number of halogens is 7. The third kappa shape index (κ3) is 5.72. The molecule has 1 aromatic carbocycles. The molecule has 1 aromatic rings. The van der Waals surface area contributed by atoms with Crippen molar-refractivity contribution in [3.05, 3.63) is 58.9 Å². The summed E-state index contributed by atoms with van der Waals surface area (Å²) in [5.74, 6) is -2.30. The largest absolute Gasteiger partial charge is 0.416 e. The predicted octanol–water partition coefficient (Wildman–Crippen LogP) is 4.92. The number of allylic oxidation sites excluding steroid dienone is 3. The Balaban J connectivity index is 1.53. The molecule has 0 radical (unpaired) electrons. The van der Waals surface area contributed by atoms with Crippen LogP contribution in [0.4, 0.5) is 30.7 Å². The SMILES string of the molecule is N[C@H]1CC([C@@H]2CC[C@H](OCC3C=C(C(F)(F)F)C=C(C(F)(F)F)C3)[C@H]2c2ccc(F)cc2)NC1=O. The van der Waals surface area contributed by atoms with E-state index in [1.54, 1.807) is 12.1 Å². The average molecular weight is 506 g/mol. The van der Waals surface area contributed by atoms with Crippen LogP contribution in [0.15, 0.2) is 47.6 Å². The molecule has 1 saturated heterocycles. The van der Waals surface area contributed by atoms with Crippen LogP contribution in [-0.4, -0.2) is 43.1 Å². The fourth-order valence-corrected chi connectivity index (χ4v) is 5.41. The number of ether oxygens (including phenoxy) is 1. The van der Waals surface area contributed by atoms with E-state index in [2.05, 4.69) is 5.32 Å². The highest BCUT2D eigenvalue weighted by atomic mass is 19.4. The number of alkyl halides is 6. The van der Waals surface area contributed by atoms with Gasteiger partial charge in [-0.15, -0.1) is 0 Å². The van der Waals surface area contributed by atoms with Crippen LogP contribution in [0.1, 0.15) is 37.2 Å². The van der Waals surface area contributed by atoms with Crippen molar-refractivity contribution in [3.8, 4) is 0 Å². The fourth-order valence-electron chi connectivity index (χ4n) is 5.41. The zero-order chi connectivity index (χ0) is 25.5. The first-order valence-corrected chi connectivity index (χ1v) is 11.3. The number of rotatable bonds is 5. The summed E-state index contributed by atoms with van der Waals surface area (Å²) < 4.78 is 98.9. The van der Waals surface area contributed by atoms with E-state index < -0.39 is 53.8 Å². The molecule has 1 heterocycles. The van der Waals surface area contributed by atoms with E-state index in [9.17, 15) is 35.5 Å². The molecule has 0 spiro atoms. The van der Waals surface area contributed by atoms with Crippen molar-refractivity contribution in [2.45, 2.75) is 62.1 Å². The Morgan fingerprint density at radius 3 is 2.29 bits per heavy atom. The Kier molecular flexibility index (Phi) is 7.02. The van der Waals surface area contributed by atoms with Gasteiger partial charge in [-0.05, 0) is 55.4 Å². The van der Waals surface area contributed by atoms with Gasteiger partial charge < -0.3 is 15.8 Å². The number of benzene rings is 1. The molecule has 6 atom stereocenters. The summed E-state index contributed by atoms with van der Waals surface area (Å²) in [6, 6.07) is 4.80. The summed E-state index contributed by atoms with van der Waals surface area (Å²) in [6.07, 6.45) is -8.52. The van der Waals surface area contributed by atoms with Gasteiger partial charge in [0.05, 0.1) is 24.3 Å². The Bertz CT molecular complexity index is 1000. The van der Waals surface area contributed by atoms with Gasteiger partial charge in [-0.25, -0.2) is 4.39 Å². The summed E-state index contributed by atoms with van der Waals surface area (Å²) >= 11 is 0. The van der Waals surface area contributed by atoms with Crippen LogP contribution in [0.25, 0.3) is 0 Å². The zero-order valence-corrected chi connectivity index (χ0v) is 18.5. The Labute approximate surface area is 197 Å². The maximum atomic E-state index is 13.5. The minimum atomic E-state index is -4.91. The van der Waals surface area contributed by atoms with Crippen LogP contribution in [0, 0.1) is 17.7 Å². The highest BCUT2D eigenvalue weighted by Crippen LogP contribution is 2.46. The molecule has 1 saturated carbocycles. The Morgan fingerprint density at radius 1 is 1.03 bits per heavy atom. The summed E-state index contributed by atoms with van der Waals surface area (Å²) in [6.45, 7) is -0.335. The zero-order valence-electron chi connectivity index (χ0n) is 18.5. The van der Waals surface area contributed by atoms with Gasteiger partial charge in [0.1, 0.15) is 5.82 Å². The summed E-state index contributed by atoms with van der Waals surface area (Å²) in [7, 11) is 0. The van der Waals surface area contributed by atoms with Gasteiger partial charge in [-0.2, -0.15) is 26.3 Å². The Hall–Kier alpha value is -2.40. The van der Waals surface area contributed by atoms with E-state index in [1.807, 2.05) is 0 Å². The molecular formula is C24H25F7N2O2. The number of carbonyl (C=O) groups excluding carboxylic acids is 1. The molecule has 3 N–H and O–H groups in total. The van der Waals surface area contributed by atoms with Crippen molar-refractivity contribution >= 4 is 5.91 Å². The van der Waals surface area contributed by atoms with Crippen molar-refractivity contribution in [1.29, 1.82) is 0 Å². The fraction of sp³-hybridized carbons (Fsp3) is 0.542. The first kappa shape index (κ1) is 25.7. The first-order valence-electron chi connectivity index (χ1n) is 11.3. The van der Waals surface area contributed by atoms with E-state index in [0.717, 1.165) is 11.6 Å². The lowest BCUT2D eigenvalue weighted by Gasteiger charge is -2.31.